The van der Waals surface area contributed by atoms with Crippen LogP contribution in [0.3, 0.4) is 0 Å². The van der Waals surface area contributed by atoms with Crippen LogP contribution in [0.2, 0.25) is 0 Å². The SMILES string of the molecule is COCCNC(=O)c1ccc(N2CCCC2=O)cc1. The van der Waals surface area contributed by atoms with Crippen LogP contribution in [0, 0.1) is 0 Å². The van der Waals surface area contributed by atoms with Gasteiger partial charge in [-0.25, -0.2) is 0 Å². The Morgan fingerprint density at radius 2 is 2.11 bits per heavy atom. The molecule has 1 aliphatic heterocycles. The Hall–Kier alpha value is -1.88. The molecule has 1 aromatic carbocycles. The second-order valence-electron chi connectivity index (χ2n) is 4.44. The van der Waals surface area contributed by atoms with Crippen molar-refractivity contribution in [3.05, 3.63) is 29.8 Å². The quantitative estimate of drug-likeness (QED) is 0.811. The number of nitrogens with zero attached hydrogens (tertiary/aromatic N) is 1. The van der Waals surface area contributed by atoms with Gasteiger partial charge < -0.3 is 15.0 Å². The summed E-state index contributed by atoms with van der Waals surface area (Å²) < 4.78 is 4.87. The molecule has 1 N–H and O–H groups in total. The second-order valence-corrected chi connectivity index (χ2v) is 4.44. The van der Waals surface area contributed by atoms with E-state index in [2.05, 4.69) is 5.32 Å². The maximum Gasteiger partial charge on any atom is 0.251 e. The van der Waals surface area contributed by atoms with Crippen LogP contribution in [0.4, 0.5) is 5.69 Å². The average Bonchev–Trinajstić information content (AvgIpc) is 2.85. The molecule has 2 amide bonds. The molecule has 0 aliphatic carbocycles. The lowest BCUT2D eigenvalue weighted by molar-refractivity contribution is -0.117. The second kappa shape index (κ2) is 6.33. The van der Waals surface area contributed by atoms with Crippen LogP contribution in [-0.2, 0) is 9.53 Å². The zero-order chi connectivity index (χ0) is 13.7. The van der Waals surface area contributed by atoms with E-state index in [0.29, 0.717) is 25.1 Å². The van der Waals surface area contributed by atoms with E-state index in [1.807, 2.05) is 12.1 Å². The van der Waals surface area contributed by atoms with Gasteiger partial charge in [0, 0.05) is 37.9 Å². The van der Waals surface area contributed by atoms with E-state index in [-0.39, 0.29) is 11.8 Å². The molecule has 0 bridgehead atoms. The molecule has 0 saturated carbocycles. The number of carbonyl (C=O) groups excluding carboxylic acids is 2. The topological polar surface area (TPSA) is 58.6 Å². The highest BCUT2D eigenvalue weighted by Crippen LogP contribution is 2.21. The van der Waals surface area contributed by atoms with E-state index in [1.54, 1.807) is 24.1 Å². The summed E-state index contributed by atoms with van der Waals surface area (Å²) in [6.07, 6.45) is 1.51. The molecule has 1 aromatic rings. The Morgan fingerprint density at radius 3 is 2.68 bits per heavy atom. The van der Waals surface area contributed by atoms with Gasteiger partial charge in [-0.05, 0) is 30.7 Å². The van der Waals surface area contributed by atoms with Crippen molar-refractivity contribution in [3.63, 3.8) is 0 Å². The maximum absolute atomic E-state index is 11.8. The number of anilines is 1. The van der Waals surface area contributed by atoms with E-state index in [1.165, 1.54) is 0 Å². The summed E-state index contributed by atoms with van der Waals surface area (Å²) in [5.74, 6) is 0.0219. The molecular formula is C14H18N2O3. The molecule has 0 atom stereocenters. The minimum absolute atomic E-state index is 0.128. The van der Waals surface area contributed by atoms with Gasteiger partial charge in [-0.15, -0.1) is 0 Å². The Bertz CT molecular complexity index is 456. The molecule has 0 spiro atoms. The number of nitrogens with one attached hydrogen (secondary N) is 1. The monoisotopic (exact) mass is 262 g/mol. The molecule has 5 nitrogen and oxygen atoms in total. The van der Waals surface area contributed by atoms with Crippen molar-refractivity contribution in [2.75, 3.05) is 31.7 Å². The van der Waals surface area contributed by atoms with Crippen LogP contribution in [0.15, 0.2) is 24.3 Å². The number of hydrogen-bond donors (Lipinski definition) is 1. The number of amides is 2. The summed E-state index contributed by atoms with van der Waals surface area (Å²) in [4.78, 5) is 25.1. The maximum atomic E-state index is 11.8. The molecule has 1 fully saturated rings. The van der Waals surface area contributed by atoms with Crippen molar-refractivity contribution < 1.29 is 14.3 Å². The first-order chi connectivity index (χ1) is 9.22. The van der Waals surface area contributed by atoms with Gasteiger partial charge in [0.1, 0.15) is 0 Å². The van der Waals surface area contributed by atoms with Gasteiger partial charge in [0.2, 0.25) is 5.91 Å². The number of methoxy groups -OCH3 is 1. The smallest absolute Gasteiger partial charge is 0.251 e. The number of rotatable bonds is 5. The largest absolute Gasteiger partial charge is 0.383 e. The van der Waals surface area contributed by atoms with Crippen molar-refractivity contribution in [3.8, 4) is 0 Å². The van der Waals surface area contributed by atoms with Gasteiger partial charge in [0.15, 0.2) is 0 Å². The predicted octanol–water partition coefficient (Wildman–Crippen LogP) is 1.19. The third kappa shape index (κ3) is 3.32. The van der Waals surface area contributed by atoms with Crippen LogP contribution in [0.5, 0.6) is 0 Å². The first-order valence-electron chi connectivity index (χ1n) is 6.40. The standard InChI is InChI=1S/C14H18N2O3/c1-19-10-8-15-14(18)11-4-6-12(7-5-11)16-9-2-3-13(16)17/h4-7H,2-3,8-10H2,1H3,(H,15,18). The molecule has 1 aliphatic rings. The molecular weight excluding hydrogens is 244 g/mol. The van der Waals surface area contributed by atoms with Gasteiger partial charge in [-0.3, -0.25) is 9.59 Å². The first kappa shape index (κ1) is 13.5. The van der Waals surface area contributed by atoms with Gasteiger partial charge >= 0.3 is 0 Å². The van der Waals surface area contributed by atoms with Crippen LogP contribution in [0.1, 0.15) is 23.2 Å². The Balaban J connectivity index is 1.98. The van der Waals surface area contributed by atoms with Gasteiger partial charge in [-0.2, -0.15) is 0 Å². The fourth-order valence-electron chi connectivity index (χ4n) is 2.08. The lowest BCUT2D eigenvalue weighted by atomic mass is 10.2. The molecule has 2 rings (SSSR count). The fraction of sp³-hybridized carbons (Fsp3) is 0.429. The minimum atomic E-state index is -0.128. The summed E-state index contributed by atoms with van der Waals surface area (Å²) in [5, 5.41) is 2.75. The predicted molar refractivity (Wildman–Crippen MR) is 72.2 cm³/mol. The molecule has 1 saturated heterocycles. The third-order valence-corrected chi connectivity index (χ3v) is 3.11. The molecule has 19 heavy (non-hydrogen) atoms. The molecule has 0 unspecified atom stereocenters. The molecule has 102 valence electrons. The average molecular weight is 262 g/mol. The van der Waals surface area contributed by atoms with Crippen LogP contribution >= 0.6 is 0 Å². The van der Waals surface area contributed by atoms with E-state index in [9.17, 15) is 9.59 Å². The summed E-state index contributed by atoms with van der Waals surface area (Å²) >= 11 is 0. The van der Waals surface area contributed by atoms with Crippen molar-refractivity contribution in [2.24, 2.45) is 0 Å². The van der Waals surface area contributed by atoms with Gasteiger partial charge in [0.05, 0.1) is 6.61 Å². The lowest BCUT2D eigenvalue weighted by Crippen LogP contribution is -2.27. The van der Waals surface area contributed by atoms with Gasteiger partial charge in [0.25, 0.3) is 5.91 Å². The zero-order valence-corrected chi connectivity index (χ0v) is 11.0. The van der Waals surface area contributed by atoms with Crippen molar-refractivity contribution in [1.29, 1.82) is 0 Å². The Labute approximate surface area is 112 Å². The van der Waals surface area contributed by atoms with E-state index >= 15 is 0 Å². The van der Waals surface area contributed by atoms with E-state index in [4.69, 9.17) is 4.74 Å². The number of carbonyl (C=O) groups is 2. The molecule has 1 heterocycles. The summed E-state index contributed by atoms with van der Waals surface area (Å²) in [6, 6.07) is 7.11. The highest BCUT2D eigenvalue weighted by molar-refractivity contribution is 5.97. The van der Waals surface area contributed by atoms with Crippen molar-refractivity contribution >= 4 is 17.5 Å². The van der Waals surface area contributed by atoms with Crippen molar-refractivity contribution in [2.45, 2.75) is 12.8 Å². The van der Waals surface area contributed by atoms with Crippen LogP contribution in [0.25, 0.3) is 0 Å². The highest BCUT2D eigenvalue weighted by Gasteiger charge is 2.21. The van der Waals surface area contributed by atoms with E-state index < -0.39 is 0 Å². The highest BCUT2D eigenvalue weighted by atomic mass is 16.5. The number of benzene rings is 1. The Morgan fingerprint density at radius 1 is 1.37 bits per heavy atom. The summed E-state index contributed by atoms with van der Waals surface area (Å²) in [6.45, 7) is 1.74. The van der Waals surface area contributed by atoms with Crippen LogP contribution < -0.4 is 10.2 Å². The number of ether oxygens (including phenoxy) is 1. The van der Waals surface area contributed by atoms with Crippen LogP contribution in [-0.4, -0.2) is 38.6 Å². The first-order valence-corrected chi connectivity index (χ1v) is 6.40. The molecule has 0 radical (unpaired) electrons. The zero-order valence-electron chi connectivity index (χ0n) is 11.0. The third-order valence-electron chi connectivity index (χ3n) is 3.11. The van der Waals surface area contributed by atoms with E-state index in [0.717, 1.165) is 18.7 Å². The minimum Gasteiger partial charge on any atom is -0.383 e. The number of hydrogen-bond acceptors (Lipinski definition) is 3. The Kier molecular flexibility index (Phi) is 4.52. The van der Waals surface area contributed by atoms with Gasteiger partial charge in [-0.1, -0.05) is 0 Å². The fourth-order valence-corrected chi connectivity index (χ4v) is 2.08. The molecule has 5 heteroatoms. The summed E-state index contributed by atoms with van der Waals surface area (Å²) in [5.41, 5.74) is 1.45. The van der Waals surface area contributed by atoms with Crippen molar-refractivity contribution in [1.82, 2.24) is 5.32 Å². The lowest BCUT2D eigenvalue weighted by Gasteiger charge is -2.15. The molecule has 0 aromatic heterocycles. The summed E-state index contributed by atoms with van der Waals surface area (Å²) in [7, 11) is 1.59. The normalized spacial score (nSPS) is 14.8.